The third-order valence-corrected chi connectivity index (χ3v) is 7.40. The van der Waals surface area contributed by atoms with Crippen LogP contribution < -0.4 is 16.0 Å². The zero-order valence-corrected chi connectivity index (χ0v) is 20.6. The predicted molar refractivity (Wildman–Crippen MR) is 138 cm³/mol. The van der Waals surface area contributed by atoms with E-state index in [9.17, 15) is 9.59 Å². The minimum atomic E-state index is -0.155. The quantitative estimate of drug-likeness (QED) is 0.507. The molecule has 0 radical (unpaired) electrons. The molecule has 5 heteroatoms. The highest BCUT2D eigenvalue weighted by molar-refractivity contribution is 5.94. The van der Waals surface area contributed by atoms with Crippen molar-refractivity contribution in [2.24, 2.45) is 17.8 Å². The number of carbonyl (C=O) groups excluding carboxylic acids is 2. The molecule has 1 aliphatic heterocycles. The van der Waals surface area contributed by atoms with Gasteiger partial charge in [-0.1, -0.05) is 63.1 Å². The summed E-state index contributed by atoms with van der Waals surface area (Å²) >= 11 is 0. The van der Waals surface area contributed by atoms with Crippen LogP contribution in [0.2, 0.25) is 0 Å². The Morgan fingerprint density at radius 2 is 1.74 bits per heavy atom. The van der Waals surface area contributed by atoms with E-state index >= 15 is 0 Å². The molecule has 1 fully saturated rings. The molecule has 3 N–H and O–H groups in total. The Morgan fingerprint density at radius 3 is 2.53 bits per heavy atom. The Balaban J connectivity index is 1.33. The number of hydrogen-bond donors (Lipinski definition) is 3. The minimum Gasteiger partial charge on any atom is -0.382 e. The fourth-order valence-electron chi connectivity index (χ4n) is 5.61. The maximum atomic E-state index is 13.1. The Hall–Kier alpha value is -2.82. The Morgan fingerprint density at radius 1 is 1.00 bits per heavy atom. The molecule has 0 bridgehead atoms. The monoisotopic (exact) mass is 461 g/mol. The highest BCUT2D eigenvalue weighted by atomic mass is 16.2. The van der Waals surface area contributed by atoms with Gasteiger partial charge in [0.15, 0.2) is 0 Å². The molecule has 34 heavy (non-hydrogen) atoms. The molecule has 0 aromatic heterocycles. The number of anilines is 1. The number of amides is 2. The molecule has 0 spiro atoms. The molecule has 4 rings (SSSR count). The molecular weight excluding hydrogens is 422 g/mol. The van der Waals surface area contributed by atoms with Gasteiger partial charge < -0.3 is 16.0 Å². The van der Waals surface area contributed by atoms with Crippen LogP contribution in [0.3, 0.4) is 0 Å². The molecule has 0 saturated heterocycles. The van der Waals surface area contributed by atoms with E-state index in [1.165, 1.54) is 11.3 Å². The van der Waals surface area contributed by atoms with E-state index in [1.54, 1.807) is 0 Å². The zero-order chi connectivity index (χ0) is 23.9. The lowest BCUT2D eigenvalue weighted by molar-refractivity contribution is -0.126. The van der Waals surface area contributed by atoms with Crippen LogP contribution in [0.5, 0.6) is 0 Å². The van der Waals surface area contributed by atoms with Crippen LogP contribution >= 0.6 is 0 Å². The average molecular weight is 462 g/mol. The molecule has 2 aromatic rings. The smallest absolute Gasteiger partial charge is 0.251 e. The molecule has 1 saturated carbocycles. The fourth-order valence-corrected chi connectivity index (χ4v) is 5.61. The van der Waals surface area contributed by atoms with Crippen molar-refractivity contribution in [1.82, 2.24) is 10.6 Å². The van der Waals surface area contributed by atoms with Gasteiger partial charge in [0.2, 0.25) is 5.91 Å². The first-order chi connectivity index (χ1) is 16.5. The highest BCUT2D eigenvalue weighted by Crippen LogP contribution is 2.33. The standard InChI is InChI=1S/C29H39N3O2/c1-20(2)18-27-23(19-22-12-6-8-14-25(22)31-27)16-17-30-29(34)24-13-7-9-15-26(24)32-28(33)21-10-4-3-5-11-21/h3-6,8,10-12,14,20,23-24,26-27,31H,7,9,13,15-19H2,1-2H3,(H,30,34)(H,32,33)/t23-,24-,26+,27-/m0/s1. The van der Waals surface area contributed by atoms with E-state index in [4.69, 9.17) is 0 Å². The number of hydrogen-bond acceptors (Lipinski definition) is 3. The molecule has 1 aliphatic carbocycles. The number of nitrogens with one attached hydrogen (secondary N) is 3. The average Bonchev–Trinajstić information content (AvgIpc) is 2.84. The summed E-state index contributed by atoms with van der Waals surface area (Å²) in [5.74, 6) is 0.961. The van der Waals surface area contributed by atoms with E-state index < -0.39 is 0 Å². The van der Waals surface area contributed by atoms with Crippen LogP contribution in [-0.2, 0) is 11.2 Å². The summed E-state index contributed by atoms with van der Waals surface area (Å²) in [4.78, 5) is 25.8. The van der Waals surface area contributed by atoms with Crippen LogP contribution in [-0.4, -0.2) is 30.4 Å². The maximum Gasteiger partial charge on any atom is 0.251 e. The fraction of sp³-hybridized carbons (Fsp3) is 0.517. The summed E-state index contributed by atoms with van der Waals surface area (Å²) < 4.78 is 0. The van der Waals surface area contributed by atoms with Gasteiger partial charge in [0.05, 0.1) is 5.92 Å². The van der Waals surface area contributed by atoms with Crippen LogP contribution in [0.1, 0.15) is 68.3 Å². The van der Waals surface area contributed by atoms with E-state index in [0.29, 0.717) is 30.0 Å². The van der Waals surface area contributed by atoms with Crippen molar-refractivity contribution in [3.05, 3.63) is 65.7 Å². The van der Waals surface area contributed by atoms with Gasteiger partial charge in [0, 0.05) is 29.9 Å². The first-order valence-corrected chi connectivity index (χ1v) is 13.0. The third-order valence-electron chi connectivity index (χ3n) is 7.40. The van der Waals surface area contributed by atoms with E-state index in [-0.39, 0.29) is 23.8 Å². The Bertz CT molecular complexity index is 959. The summed E-state index contributed by atoms with van der Waals surface area (Å²) in [6.45, 7) is 5.22. The number of rotatable bonds is 8. The first kappa shape index (κ1) is 24.3. The van der Waals surface area contributed by atoms with Crippen LogP contribution in [0, 0.1) is 17.8 Å². The largest absolute Gasteiger partial charge is 0.382 e. The predicted octanol–water partition coefficient (Wildman–Crippen LogP) is 5.18. The second-order valence-electron chi connectivity index (χ2n) is 10.4. The van der Waals surface area contributed by atoms with Crippen molar-refractivity contribution >= 4 is 17.5 Å². The Labute approximate surface area is 204 Å². The minimum absolute atomic E-state index is 0.0858. The van der Waals surface area contributed by atoms with Gasteiger partial charge in [0.1, 0.15) is 0 Å². The highest BCUT2D eigenvalue weighted by Gasteiger charge is 2.33. The zero-order valence-electron chi connectivity index (χ0n) is 20.6. The second kappa shape index (κ2) is 11.5. The number of carbonyl (C=O) groups is 2. The lowest BCUT2D eigenvalue weighted by Crippen LogP contribution is -2.49. The molecule has 0 unspecified atom stereocenters. The van der Waals surface area contributed by atoms with Crippen molar-refractivity contribution in [3.63, 3.8) is 0 Å². The molecule has 4 atom stereocenters. The van der Waals surface area contributed by atoms with Gasteiger partial charge in [-0.15, -0.1) is 0 Å². The lowest BCUT2D eigenvalue weighted by Gasteiger charge is -2.36. The van der Waals surface area contributed by atoms with Gasteiger partial charge in [-0.3, -0.25) is 9.59 Å². The summed E-state index contributed by atoms with van der Waals surface area (Å²) in [6.07, 6.45) is 6.91. The van der Waals surface area contributed by atoms with Gasteiger partial charge in [-0.2, -0.15) is 0 Å². The van der Waals surface area contributed by atoms with Gasteiger partial charge in [-0.25, -0.2) is 0 Å². The number of benzene rings is 2. The van der Waals surface area contributed by atoms with Crippen molar-refractivity contribution < 1.29 is 9.59 Å². The maximum absolute atomic E-state index is 13.1. The van der Waals surface area contributed by atoms with Crippen LogP contribution in [0.15, 0.2) is 54.6 Å². The molecule has 2 aliphatic rings. The SMILES string of the molecule is CC(C)C[C@@H]1Nc2ccccc2C[C@@H]1CCNC(=O)[C@H]1CCCC[C@H]1NC(=O)c1ccccc1. The van der Waals surface area contributed by atoms with Gasteiger partial charge >= 0.3 is 0 Å². The summed E-state index contributed by atoms with van der Waals surface area (Å²) in [5.41, 5.74) is 3.27. The normalized spacial score (nSPS) is 24.1. The number of fused-ring (bicyclic) bond motifs is 1. The van der Waals surface area contributed by atoms with Crippen LogP contribution in [0.4, 0.5) is 5.69 Å². The molecule has 2 aromatic carbocycles. The lowest BCUT2D eigenvalue weighted by atomic mass is 9.81. The molecular formula is C29H39N3O2. The third kappa shape index (κ3) is 6.19. The molecule has 5 nitrogen and oxygen atoms in total. The van der Waals surface area contributed by atoms with Gasteiger partial charge in [-0.05, 0) is 67.7 Å². The second-order valence-corrected chi connectivity index (χ2v) is 10.4. The van der Waals surface area contributed by atoms with Crippen molar-refractivity contribution in [3.8, 4) is 0 Å². The molecule has 1 heterocycles. The topological polar surface area (TPSA) is 70.2 Å². The van der Waals surface area contributed by atoms with E-state index in [1.807, 2.05) is 30.3 Å². The first-order valence-electron chi connectivity index (χ1n) is 13.0. The molecule has 2 amide bonds. The Kier molecular flexibility index (Phi) is 8.25. The van der Waals surface area contributed by atoms with Crippen LogP contribution in [0.25, 0.3) is 0 Å². The van der Waals surface area contributed by atoms with Crippen molar-refractivity contribution in [2.45, 2.75) is 70.9 Å². The van der Waals surface area contributed by atoms with Gasteiger partial charge in [0.25, 0.3) is 5.91 Å². The summed E-state index contributed by atoms with van der Waals surface area (Å²) in [7, 11) is 0. The summed E-state index contributed by atoms with van der Waals surface area (Å²) in [6, 6.07) is 18.2. The van der Waals surface area contributed by atoms with E-state index in [2.05, 4.69) is 54.1 Å². The molecule has 182 valence electrons. The van der Waals surface area contributed by atoms with Crippen molar-refractivity contribution in [2.75, 3.05) is 11.9 Å². The number of para-hydroxylation sites is 1. The summed E-state index contributed by atoms with van der Waals surface area (Å²) in [5, 5.41) is 10.1. The van der Waals surface area contributed by atoms with E-state index in [0.717, 1.165) is 44.9 Å². The van der Waals surface area contributed by atoms with Crippen molar-refractivity contribution in [1.29, 1.82) is 0 Å².